The van der Waals surface area contributed by atoms with Crippen LogP contribution < -0.4 is 5.32 Å². The minimum Gasteiger partial charge on any atom is -0.370 e. The molecule has 1 aromatic heterocycles. The highest BCUT2D eigenvalue weighted by molar-refractivity contribution is 5.95. The lowest BCUT2D eigenvalue weighted by molar-refractivity contribution is 0.0664. The molecule has 1 amide bonds. The Bertz CT molecular complexity index is 467. The van der Waals surface area contributed by atoms with Gasteiger partial charge in [-0.15, -0.1) is 0 Å². The first-order valence-electron chi connectivity index (χ1n) is 7.36. The Kier molecular flexibility index (Phi) is 4.95. The summed E-state index contributed by atoms with van der Waals surface area (Å²) < 4.78 is 0. The smallest absolute Gasteiger partial charge is 0.254 e. The van der Waals surface area contributed by atoms with Crippen molar-refractivity contribution in [2.24, 2.45) is 0 Å². The van der Waals surface area contributed by atoms with E-state index in [0.717, 1.165) is 56.2 Å². The highest BCUT2D eigenvalue weighted by Crippen LogP contribution is 2.14. The van der Waals surface area contributed by atoms with Gasteiger partial charge in [0.2, 0.25) is 0 Å². The molecule has 0 bridgehead atoms. The van der Waals surface area contributed by atoms with Crippen LogP contribution in [0.1, 0.15) is 29.9 Å². The van der Waals surface area contributed by atoms with Gasteiger partial charge < -0.3 is 15.1 Å². The number of amides is 1. The van der Waals surface area contributed by atoms with Crippen LogP contribution in [0.3, 0.4) is 0 Å². The molecule has 1 fully saturated rings. The fourth-order valence-corrected chi connectivity index (χ4v) is 2.36. The van der Waals surface area contributed by atoms with Gasteiger partial charge in [-0.25, -0.2) is 4.98 Å². The average molecular weight is 276 g/mol. The van der Waals surface area contributed by atoms with Gasteiger partial charge in [-0.1, -0.05) is 6.92 Å². The van der Waals surface area contributed by atoms with Crippen LogP contribution in [0.25, 0.3) is 0 Å². The second kappa shape index (κ2) is 6.70. The quantitative estimate of drug-likeness (QED) is 0.904. The van der Waals surface area contributed by atoms with Gasteiger partial charge in [-0.3, -0.25) is 4.79 Å². The summed E-state index contributed by atoms with van der Waals surface area (Å²) >= 11 is 0. The fraction of sp³-hybridized carbons (Fsp3) is 0.600. The number of hydrogen-bond donors (Lipinski definition) is 1. The standard InChI is InChI=1S/C15H24N4O/c1-4-13-10-12(11-14(17-13)16-5-2)15(20)19-8-6-18(3)7-9-19/h10-11H,4-9H2,1-3H3,(H,16,17). The summed E-state index contributed by atoms with van der Waals surface area (Å²) in [4.78, 5) is 21.3. The molecule has 0 aliphatic carbocycles. The number of hydrogen-bond acceptors (Lipinski definition) is 4. The molecule has 20 heavy (non-hydrogen) atoms. The van der Waals surface area contributed by atoms with Gasteiger partial charge in [0.1, 0.15) is 5.82 Å². The third-order valence-corrected chi connectivity index (χ3v) is 3.64. The maximum atomic E-state index is 12.6. The van der Waals surface area contributed by atoms with Crippen LogP contribution in [0, 0.1) is 0 Å². The molecule has 1 aliphatic rings. The fourth-order valence-electron chi connectivity index (χ4n) is 2.36. The number of nitrogens with one attached hydrogen (secondary N) is 1. The molecular weight excluding hydrogens is 252 g/mol. The summed E-state index contributed by atoms with van der Waals surface area (Å²) in [5.41, 5.74) is 1.71. The highest BCUT2D eigenvalue weighted by Gasteiger charge is 2.21. The largest absolute Gasteiger partial charge is 0.370 e. The molecule has 1 aliphatic heterocycles. The van der Waals surface area contributed by atoms with E-state index in [4.69, 9.17) is 0 Å². The summed E-state index contributed by atoms with van der Waals surface area (Å²) in [6.07, 6.45) is 0.836. The number of anilines is 1. The third kappa shape index (κ3) is 3.48. The second-order valence-electron chi connectivity index (χ2n) is 5.21. The molecule has 0 spiro atoms. The van der Waals surface area contributed by atoms with E-state index in [1.54, 1.807) is 0 Å². The number of carbonyl (C=O) groups is 1. The van der Waals surface area contributed by atoms with Gasteiger partial charge in [-0.05, 0) is 32.5 Å². The zero-order valence-electron chi connectivity index (χ0n) is 12.6. The lowest BCUT2D eigenvalue weighted by atomic mass is 10.1. The van der Waals surface area contributed by atoms with Crippen LogP contribution in [-0.4, -0.2) is 60.5 Å². The van der Waals surface area contributed by atoms with E-state index >= 15 is 0 Å². The van der Waals surface area contributed by atoms with Crippen LogP contribution in [0.5, 0.6) is 0 Å². The first kappa shape index (κ1) is 14.8. The van der Waals surface area contributed by atoms with E-state index in [-0.39, 0.29) is 5.91 Å². The van der Waals surface area contributed by atoms with Gasteiger partial charge in [0.15, 0.2) is 0 Å². The third-order valence-electron chi connectivity index (χ3n) is 3.64. The summed E-state index contributed by atoms with van der Waals surface area (Å²) in [5, 5.41) is 3.20. The number of aromatic nitrogens is 1. The molecule has 1 N–H and O–H groups in total. The number of rotatable bonds is 4. The lowest BCUT2D eigenvalue weighted by Crippen LogP contribution is -2.47. The summed E-state index contributed by atoms with van der Waals surface area (Å²) in [6.45, 7) is 8.38. The van der Waals surface area contributed by atoms with Crippen LogP contribution >= 0.6 is 0 Å². The summed E-state index contributed by atoms with van der Waals surface area (Å²) in [7, 11) is 2.09. The van der Waals surface area contributed by atoms with E-state index < -0.39 is 0 Å². The first-order chi connectivity index (χ1) is 9.63. The molecule has 0 radical (unpaired) electrons. The van der Waals surface area contributed by atoms with E-state index in [0.29, 0.717) is 0 Å². The summed E-state index contributed by atoms with van der Waals surface area (Å²) in [5.74, 6) is 0.915. The lowest BCUT2D eigenvalue weighted by Gasteiger charge is -2.32. The molecule has 5 heteroatoms. The first-order valence-corrected chi connectivity index (χ1v) is 7.36. The Morgan fingerprint density at radius 3 is 2.55 bits per heavy atom. The van der Waals surface area contributed by atoms with Crippen LogP contribution in [0.2, 0.25) is 0 Å². The Hall–Kier alpha value is -1.62. The van der Waals surface area contributed by atoms with Crippen molar-refractivity contribution in [3.8, 4) is 0 Å². The second-order valence-corrected chi connectivity index (χ2v) is 5.21. The molecule has 5 nitrogen and oxygen atoms in total. The summed E-state index contributed by atoms with van der Waals surface area (Å²) in [6, 6.07) is 3.78. The van der Waals surface area contributed by atoms with Crippen molar-refractivity contribution in [1.82, 2.24) is 14.8 Å². The molecule has 0 saturated carbocycles. The molecule has 1 aromatic rings. The van der Waals surface area contributed by atoms with E-state index in [2.05, 4.69) is 29.2 Å². The van der Waals surface area contributed by atoms with Gasteiger partial charge >= 0.3 is 0 Å². The van der Waals surface area contributed by atoms with Gasteiger partial charge in [-0.2, -0.15) is 0 Å². The Labute approximate surface area is 121 Å². The number of carbonyl (C=O) groups excluding carboxylic acids is 1. The molecule has 0 aromatic carbocycles. The number of aryl methyl sites for hydroxylation is 1. The monoisotopic (exact) mass is 276 g/mol. The molecule has 1 saturated heterocycles. The SMILES string of the molecule is CCNc1cc(C(=O)N2CCN(C)CC2)cc(CC)n1. The maximum absolute atomic E-state index is 12.6. The van der Waals surface area contributed by atoms with Gasteiger partial charge in [0.05, 0.1) is 0 Å². The zero-order chi connectivity index (χ0) is 14.5. The zero-order valence-corrected chi connectivity index (χ0v) is 12.6. The average Bonchev–Trinajstić information content (AvgIpc) is 2.47. The van der Waals surface area contributed by atoms with Crippen molar-refractivity contribution in [2.45, 2.75) is 20.3 Å². The minimum absolute atomic E-state index is 0.120. The molecule has 2 heterocycles. The van der Waals surface area contributed by atoms with Crippen molar-refractivity contribution in [3.05, 3.63) is 23.4 Å². The van der Waals surface area contributed by atoms with Crippen LogP contribution in [0.4, 0.5) is 5.82 Å². The molecule has 0 atom stereocenters. The normalized spacial score (nSPS) is 16.2. The van der Waals surface area contributed by atoms with E-state index in [1.807, 2.05) is 24.0 Å². The number of nitrogens with zero attached hydrogens (tertiary/aromatic N) is 3. The Balaban J connectivity index is 2.17. The molecule has 2 rings (SSSR count). The topological polar surface area (TPSA) is 48.5 Å². The van der Waals surface area contributed by atoms with Crippen molar-refractivity contribution in [2.75, 3.05) is 45.1 Å². The minimum atomic E-state index is 0.120. The Morgan fingerprint density at radius 2 is 1.95 bits per heavy atom. The van der Waals surface area contributed by atoms with Crippen molar-refractivity contribution in [1.29, 1.82) is 0 Å². The Morgan fingerprint density at radius 1 is 1.25 bits per heavy atom. The van der Waals surface area contributed by atoms with Crippen molar-refractivity contribution < 1.29 is 4.79 Å². The van der Waals surface area contributed by atoms with Crippen molar-refractivity contribution >= 4 is 11.7 Å². The molecular formula is C15H24N4O. The van der Waals surface area contributed by atoms with E-state index in [1.165, 1.54) is 0 Å². The molecule has 0 unspecified atom stereocenters. The predicted molar refractivity (Wildman–Crippen MR) is 81.2 cm³/mol. The number of likely N-dealkylation sites (N-methyl/N-ethyl adjacent to an activating group) is 1. The van der Waals surface area contributed by atoms with Crippen LogP contribution in [-0.2, 0) is 6.42 Å². The number of piperazine rings is 1. The van der Waals surface area contributed by atoms with E-state index in [9.17, 15) is 4.79 Å². The number of pyridine rings is 1. The van der Waals surface area contributed by atoms with Gasteiger partial charge in [0, 0.05) is 44.0 Å². The maximum Gasteiger partial charge on any atom is 0.254 e. The molecule has 110 valence electrons. The predicted octanol–water partition coefficient (Wildman–Crippen LogP) is 1.46. The van der Waals surface area contributed by atoms with Crippen molar-refractivity contribution in [3.63, 3.8) is 0 Å². The van der Waals surface area contributed by atoms with Gasteiger partial charge in [0.25, 0.3) is 5.91 Å². The van der Waals surface area contributed by atoms with Crippen LogP contribution in [0.15, 0.2) is 12.1 Å². The highest BCUT2D eigenvalue weighted by atomic mass is 16.2.